The van der Waals surface area contributed by atoms with Crippen LogP contribution in [0.2, 0.25) is 0 Å². The largest absolute Gasteiger partial charge is 0.508 e. The number of rotatable bonds is 3. The zero-order chi connectivity index (χ0) is 15.0. The van der Waals surface area contributed by atoms with Crippen molar-refractivity contribution in [2.75, 3.05) is 5.32 Å². The fourth-order valence-corrected chi connectivity index (χ4v) is 1.84. The fraction of sp³-hybridized carbons (Fsp3) is 0.0833. The molecule has 0 atom stereocenters. The molecular weight excluding hydrogens is 284 g/mol. The minimum absolute atomic E-state index is 0.00905. The number of nitrogens with zero attached hydrogens (tertiary/aromatic N) is 3. The minimum Gasteiger partial charge on any atom is -0.508 e. The Morgan fingerprint density at radius 3 is 2.95 bits per heavy atom. The van der Waals surface area contributed by atoms with Crippen molar-refractivity contribution in [1.29, 1.82) is 0 Å². The highest BCUT2D eigenvalue weighted by Crippen LogP contribution is 2.24. The monoisotopic (exact) mass is 293 g/mol. The molecule has 0 aliphatic rings. The van der Waals surface area contributed by atoms with E-state index >= 15 is 0 Å². The molecule has 7 nitrogen and oxygen atoms in total. The van der Waals surface area contributed by atoms with Gasteiger partial charge in [0, 0.05) is 17.6 Å². The van der Waals surface area contributed by atoms with Crippen LogP contribution in [0, 0.1) is 0 Å². The number of carbonyl (C=O) groups is 1. The Labute approximate surface area is 116 Å². The fourth-order valence-electron chi connectivity index (χ4n) is 1.84. The SMILES string of the molecule is O=C(Nc1n[nH]c2cc(O)ccc12)c1cnn(C(F)F)c1. The molecule has 0 radical (unpaired) electrons. The van der Waals surface area contributed by atoms with Gasteiger partial charge in [-0.2, -0.15) is 19.0 Å². The van der Waals surface area contributed by atoms with Gasteiger partial charge in [-0.05, 0) is 12.1 Å². The van der Waals surface area contributed by atoms with E-state index in [1.54, 1.807) is 6.07 Å². The number of H-pyrrole nitrogens is 1. The van der Waals surface area contributed by atoms with Crippen molar-refractivity contribution < 1.29 is 18.7 Å². The zero-order valence-electron chi connectivity index (χ0n) is 10.4. The van der Waals surface area contributed by atoms with Crippen LogP contribution in [0.25, 0.3) is 10.9 Å². The molecule has 3 rings (SSSR count). The number of hydrogen-bond donors (Lipinski definition) is 3. The van der Waals surface area contributed by atoms with Crippen LogP contribution in [0.15, 0.2) is 30.6 Å². The summed E-state index contributed by atoms with van der Waals surface area (Å²) in [6, 6.07) is 4.47. The van der Waals surface area contributed by atoms with Crippen molar-refractivity contribution in [3.8, 4) is 5.75 Å². The molecule has 9 heteroatoms. The van der Waals surface area contributed by atoms with E-state index in [4.69, 9.17) is 0 Å². The van der Waals surface area contributed by atoms with Crippen molar-refractivity contribution in [2.24, 2.45) is 0 Å². The molecule has 0 unspecified atom stereocenters. The summed E-state index contributed by atoms with van der Waals surface area (Å²) in [7, 11) is 0. The van der Waals surface area contributed by atoms with Gasteiger partial charge in [0.15, 0.2) is 5.82 Å². The Morgan fingerprint density at radius 1 is 1.43 bits per heavy atom. The van der Waals surface area contributed by atoms with Gasteiger partial charge in [0.1, 0.15) is 5.75 Å². The molecule has 0 aliphatic carbocycles. The van der Waals surface area contributed by atoms with E-state index in [1.165, 1.54) is 12.1 Å². The first-order valence-electron chi connectivity index (χ1n) is 5.85. The first-order chi connectivity index (χ1) is 10.0. The predicted molar refractivity (Wildman–Crippen MR) is 69.2 cm³/mol. The standard InChI is InChI=1S/C12H9F2N5O2/c13-12(14)19-5-6(4-15-19)11(21)16-10-8-2-1-7(20)3-9(8)17-18-10/h1-5,12,20H,(H2,16,17,18,21). The Kier molecular flexibility index (Phi) is 3.01. The molecule has 108 valence electrons. The number of fused-ring (bicyclic) bond motifs is 1. The highest BCUT2D eigenvalue weighted by molar-refractivity contribution is 6.07. The van der Waals surface area contributed by atoms with Gasteiger partial charge in [0.2, 0.25) is 0 Å². The van der Waals surface area contributed by atoms with Crippen LogP contribution in [0.4, 0.5) is 14.6 Å². The average Bonchev–Trinajstić information content (AvgIpc) is 3.06. The summed E-state index contributed by atoms with van der Waals surface area (Å²) < 4.78 is 25.2. The molecule has 3 N–H and O–H groups in total. The first-order valence-corrected chi connectivity index (χ1v) is 5.85. The number of nitrogens with one attached hydrogen (secondary N) is 2. The second-order valence-electron chi connectivity index (χ2n) is 4.24. The van der Waals surface area contributed by atoms with E-state index in [0.29, 0.717) is 15.6 Å². The summed E-state index contributed by atoms with van der Waals surface area (Å²) in [6.45, 7) is -2.80. The number of hydrogen-bond acceptors (Lipinski definition) is 4. The third-order valence-electron chi connectivity index (χ3n) is 2.84. The van der Waals surface area contributed by atoms with Crippen molar-refractivity contribution in [3.05, 3.63) is 36.2 Å². The van der Waals surface area contributed by atoms with E-state index in [-0.39, 0.29) is 17.1 Å². The van der Waals surface area contributed by atoms with E-state index in [2.05, 4.69) is 20.6 Å². The van der Waals surface area contributed by atoms with Gasteiger partial charge in [0.25, 0.3) is 5.91 Å². The lowest BCUT2D eigenvalue weighted by Gasteiger charge is -2.00. The molecule has 0 fully saturated rings. The summed E-state index contributed by atoms with van der Waals surface area (Å²) in [5.41, 5.74) is 0.527. The van der Waals surface area contributed by atoms with Crippen LogP contribution in [0.3, 0.4) is 0 Å². The molecule has 0 bridgehead atoms. The molecule has 21 heavy (non-hydrogen) atoms. The number of aromatic nitrogens is 4. The molecule has 2 aromatic heterocycles. The van der Waals surface area contributed by atoms with Gasteiger partial charge in [-0.3, -0.25) is 9.89 Å². The quantitative estimate of drug-likeness (QED) is 0.689. The van der Waals surface area contributed by atoms with Crippen LogP contribution >= 0.6 is 0 Å². The molecule has 0 spiro atoms. The van der Waals surface area contributed by atoms with E-state index in [9.17, 15) is 18.7 Å². The van der Waals surface area contributed by atoms with Gasteiger partial charge >= 0.3 is 6.55 Å². The Balaban J connectivity index is 1.85. The Bertz CT molecular complexity index is 811. The molecule has 0 aliphatic heterocycles. The number of benzene rings is 1. The first kappa shape index (κ1) is 13.0. The lowest BCUT2D eigenvalue weighted by Crippen LogP contribution is -2.11. The summed E-state index contributed by atoms with van der Waals surface area (Å²) in [5.74, 6) is -0.314. The van der Waals surface area contributed by atoms with Crippen LogP contribution in [-0.2, 0) is 0 Å². The second kappa shape index (κ2) is 4.85. The molecule has 0 saturated carbocycles. The van der Waals surface area contributed by atoms with Crippen LogP contribution in [0.1, 0.15) is 16.9 Å². The molecule has 2 heterocycles. The minimum atomic E-state index is -2.80. The lowest BCUT2D eigenvalue weighted by molar-refractivity contribution is 0.0565. The maximum absolute atomic E-state index is 12.4. The predicted octanol–water partition coefficient (Wildman–Crippen LogP) is 2.11. The maximum Gasteiger partial charge on any atom is 0.333 e. The smallest absolute Gasteiger partial charge is 0.333 e. The zero-order valence-corrected chi connectivity index (χ0v) is 10.4. The summed E-state index contributed by atoms with van der Waals surface area (Å²) >= 11 is 0. The van der Waals surface area contributed by atoms with Crippen LogP contribution in [-0.4, -0.2) is 31.0 Å². The van der Waals surface area contributed by atoms with Crippen molar-refractivity contribution in [1.82, 2.24) is 20.0 Å². The third-order valence-corrected chi connectivity index (χ3v) is 2.84. The third kappa shape index (κ3) is 2.40. The summed E-state index contributed by atoms with van der Waals surface area (Å²) in [5, 5.41) is 22.3. The van der Waals surface area contributed by atoms with Gasteiger partial charge in [-0.15, -0.1) is 0 Å². The average molecular weight is 293 g/mol. The number of aromatic amines is 1. The second-order valence-corrected chi connectivity index (χ2v) is 4.24. The van der Waals surface area contributed by atoms with E-state index in [0.717, 1.165) is 12.4 Å². The lowest BCUT2D eigenvalue weighted by atomic mass is 10.2. The van der Waals surface area contributed by atoms with E-state index in [1.807, 2.05) is 0 Å². The molecule has 0 saturated heterocycles. The van der Waals surface area contributed by atoms with Gasteiger partial charge < -0.3 is 10.4 Å². The van der Waals surface area contributed by atoms with Gasteiger partial charge in [0.05, 0.1) is 17.3 Å². The number of amides is 1. The Hall–Kier alpha value is -2.97. The Morgan fingerprint density at radius 2 is 2.24 bits per heavy atom. The van der Waals surface area contributed by atoms with Crippen molar-refractivity contribution in [2.45, 2.75) is 6.55 Å². The van der Waals surface area contributed by atoms with Crippen LogP contribution in [0.5, 0.6) is 5.75 Å². The molecule has 3 aromatic rings. The number of alkyl halides is 2. The highest BCUT2D eigenvalue weighted by Gasteiger charge is 2.15. The van der Waals surface area contributed by atoms with Crippen molar-refractivity contribution >= 4 is 22.6 Å². The topological polar surface area (TPSA) is 95.8 Å². The number of carbonyl (C=O) groups excluding carboxylic acids is 1. The number of phenolic OH excluding ortho intramolecular Hbond substituents is 1. The van der Waals surface area contributed by atoms with Crippen LogP contribution < -0.4 is 5.32 Å². The van der Waals surface area contributed by atoms with Gasteiger partial charge in [-0.25, -0.2) is 4.68 Å². The number of phenols is 1. The summed E-state index contributed by atoms with van der Waals surface area (Å²) in [6.07, 6.45) is 1.99. The van der Waals surface area contributed by atoms with Gasteiger partial charge in [-0.1, -0.05) is 0 Å². The number of anilines is 1. The number of halogens is 2. The normalized spacial score (nSPS) is 11.2. The molecule has 1 amide bonds. The number of aromatic hydroxyl groups is 1. The maximum atomic E-state index is 12.4. The highest BCUT2D eigenvalue weighted by atomic mass is 19.3. The summed E-state index contributed by atoms with van der Waals surface area (Å²) in [4.78, 5) is 11.9. The molecule has 1 aromatic carbocycles. The van der Waals surface area contributed by atoms with E-state index < -0.39 is 12.5 Å². The molecular formula is C12H9F2N5O2. The van der Waals surface area contributed by atoms with Crippen molar-refractivity contribution in [3.63, 3.8) is 0 Å².